The number of nitriles is 1. The molecule has 0 aliphatic carbocycles. The number of nitrogens with zero attached hydrogens (tertiary/aromatic N) is 3. The smallest absolute Gasteiger partial charge is 0.195 e. The van der Waals surface area contributed by atoms with E-state index in [1.165, 1.54) is 17.4 Å². The molecule has 1 aromatic carbocycles. The van der Waals surface area contributed by atoms with Gasteiger partial charge in [-0.3, -0.25) is 0 Å². The Morgan fingerprint density at radius 1 is 1.50 bits per heavy atom. The fourth-order valence-electron chi connectivity index (χ4n) is 3.19. The molecule has 0 unspecified atom stereocenters. The Labute approximate surface area is 133 Å². The third-order valence-corrected chi connectivity index (χ3v) is 5.25. The van der Waals surface area contributed by atoms with Crippen molar-refractivity contribution in [3.05, 3.63) is 23.0 Å². The van der Waals surface area contributed by atoms with Gasteiger partial charge in [-0.1, -0.05) is 13.8 Å². The molecule has 1 aliphatic heterocycles. The number of halogens is 1. The molecule has 2 aromatic rings. The van der Waals surface area contributed by atoms with Gasteiger partial charge >= 0.3 is 0 Å². The summed E-state index contributed by atoms with van der Waals surface area (Å²) in [6.07, 6.45) is 0.974. The van der Waals surface area contributed by atoms with Crippen molar-refractivity contribution >= 4 is 27.2 Å². The molecule has 2 heterocycles. The number of aromatic nitrogens is 1. The summed E-state index contributed by atoms with van der Waals surface area (Å²) in [6.45, 7) is 6.38. The zero-order chi connectivity index (χ0) is 15.9. The Bertz CT molecular complexity index is 746. The number of likely N-dealkylation sites (tertiary alicyclic amines) is 1. The Morgan fingerprint density at radius 2 is 2.27 bits per heavy atom. The third-order valence-electron chi connectivity index (χ3n) is 4.32. The molecule has 0 radical (unpaired) electrons. The molecule has 3 rings (SSSR count). The zero-order valence-electron chi connectivity index (χ0n) is 13.0. The van der Waals surface area contributed by atoms with Crippen molar-refractivity contribution in [2.75, 3.05) is 25.5 Å². The molecule has 22 heavy (non-hydrogen) atoms. The molecule has 1 fully saturated rings. The average Bonchev–Trinajstić information content (AvgIpc) is 2.83. The lowest BCUT2D eigenvalue weighted by molar-refractivity contribution is 0.126. The number of anilines is 1. The number of piperidine rings is 1. The van der Waals surface area contributed by atoms with Crippen molar-refractivity contribution in [1.29, 1.82) is 5.26 Å². The van der Waals surface area contributed by atoms with Crippen LogP contribution >= 0.6 is 11.3 Å². The van der Waals surface area contributed by atoms with Gasteiger partial charge in [-0.05, 0) is 37.6 Å². The second-order valence-electron chi connectivity index (χ2n) is 6.64. The third kappa shape index (κ3) is 2.79. The van der Waals surface area contributed by atoms with Gasteiger partial charge in [-0.2, -0.15) is 5.26 Å². The van der Waals surface area contributed by atoms with Crippen LogP contribution in [0, 0.1) is 22.6 Å². The molecular formula is C16H19FN4S. The summed E-state index contributed by atoms with van der Waals surface area (Å²) in [5, 5.41) is 12.6. The van der Waals surface area contributed by atoms with Gasteiger partial charge in [-0.15, -0.1) is 11.3 Å². The summed E-state index contributed by atoms with van der Waals surface area (Å²) in [5.74, 6) is -0.282. The molecule has 116 valence electrons. The van der Waals surface area contributed by atoms with Gasteiger partial charge in [0.15, 0.2) is 5.01 Å². The van der Waals surface area contributed by atoms with Gasteiger partial charge in [0.2, 0.25) is 0 Å². The van der Waals surface area contributed by atoms with E-state index in [0.29, 0.717) is 20.9 Å². The summed E-state index contributed by atoms with van der Waals surface area (Å²) >= 11 is 1.22. The predicted octanol–water partition coefficient (Wildman–Crippen LogP) is 3.45. The first-order valence-corrected chi connectivity index (χ1v) is 8.16. The fraction of sp³-hybridized carbons (Fsp3) is 0.500. The van der Waals surface area contributed by atoms with E-state index < -0.39 is 0 Å². The van der Waals surface area contributed by atoms with Crippen molar-refractivity contribution in [3.63, 3.8) is 0 Å². The van der Waals surface area contributed by atoms with Gasteiger partial charge in [0.1, 0.15) is 11.9 Å². The lowest BCUT2D eigenvalue weighted by atomic mass is 9.79. The molecule has 1 N–H and O–H groups in total. The largest absolute Gasteiger partial charge is 0.379 e. The van der Waals surface area contributed by atoms with E-state index >= 15 is 0 Å². The first-order chi connectivity index (χ1) is 10.4. The van der Waals surface area contributed by atoms with E-state index in [2.05, 4.69) is 36.1 Å². The van der Waals surface area contributed by atoms with Crippen molar-refractivity contribution in [3.8, 4) is 6.07 Å². The highest BCUT2D eigenvalue weighted by molar-refractivity contribution is 7.19. The first-order valence-electron chi connectivity index (χ1n) is 7.34. The Balaban J connectivity index is 1.90. The van der Waals surface area contributed by atoms with Crippen LogP contribution in [0.15, 0.2) is 12.1 Å². The summed E-state index contributed by atoms with van der Waals surface area (Å²) in [5.41, 5.74) is 1.22. The van der Waals surface area contributed by atoms with Crippen LogP contribution in [-0.2, 0) is 0 Å². The van der Waals surface area contributed by atoms with Crippen LogP contribution < -0.4 is 5.32 Å². The van der Waals surface area contributed by atoms with E-state index in [0.717, 1.165) is 19.5 Å². The molecule has 1 aromatic heterocycles. The van der Waals surface area contributed by atoms with Crippen LogP contribution in [-0.4, -0.2) is 36.1 Å². The second-order valence-corrected chi connectivity index (χ2v) is 7.67. The Morgan fingerprint density at radius 3 is 2.95 bits per heavy atom. The van der Waals surface area contributed by atoms with Crippen LogP contribution in [0.4, 0.5) is 10.1 Å². The van der Waals surface area contributed by atoms with Gasteiger partial charge < -0.3 is 10.2 Å². The van der Waals surface area contributed by atoms with E-state index in [1.54, 1.807) is 6.07 Å². The van der Waals surface area contributed by atoms with Crippen LogP contribution in [0.1, 0.15) is 25.3 Å². The fourth-order valence-corrected chi connectivity index (χ4v) is 3.96. The van der Waals surface area contributed by atoms with Crippen LogP contribution in [0.3, 0.4) is 0 Å². The van der Waals surface area contributed by atoms with Crippen molar-refractivity contribution < 1.29 is 4.39 Å². The summed E-state index contributed by atoms with van der Waals surface area (Å²) in [6, 6.07) is 5.42. The number of rotatable bonds is 2. The maximum atomic E-state index is 14.3. The van der Waals surface area contributed by atoms with Crippen molar-refractivity contribution in [2.24, 2.45) is 5.41 Å². The second kappa shape index (κ2) is 5.49. The lowest BCUT2D eigenvalue weighted by Gasteiger charge is -2.43. The standard InChI is InChI=1S/C16H19FN4S/c1-16(2)9-21(3)5-4-14(16)19-11-7-12-13(6-10(11)17)22-15(8-18)20-12/h6-7,14,19H,4-5,9H2,1-3H3/t14-/m1/s1. The number of hydrogen-bond acceptors (Lipinski definition) is 5. The number of nitrogens with one attached hydrogen (secondary N) is 1. The van der Waals surface area contributed by atoms with Crippen LogP contribution in [0.25, 0.3) is 10.2 Å². The highest BCUT2D eigenvalue weighted by Crippen LogP contribution is 2.33. The Hall–Kier alpha value is -1.71. The van der Waals surface area contributed by atoms with E-state index in [-0.39, 0.29) is 17.3 Å². The molecular weight excluding hydrogens is 299 g/mol. The maximum absolute atomic E-state index is 14.3. The highest BCUT2D eigenvalue weighted by atomic mass is 32.1. The number of thiazole rings is 1. The highest BCUT2D eigenvalue weighted by Gasteiger charge is 2.34. The number of benzene rings is 1. The van der Waals surface area contributed by atoms with Crippen LogP contribution in [0.2, 0.25) is 0 Å². The SMILES string of the molecule is CN1CC[C@@H](Nc2cc3nc(C#N)sc3cc2F)C(C)(C)C1. The molecule has 0 amide bonds. The van der Waals surface area contributed by atoms with Gasteiger partial charge in [-0.25, -0.2) is 9.37 Å². The maximum Gasteiger partial charge on any atom is 0.195 e. The van der Waals surface area contributed by atoms with E-state index in [1.807, 2.05) is 6.07 Å². The summed E-state index contributed by atoms with van der Waals surface area (Å²) in [4.78, 5) is 6.52. The summed E-state index contributed by atoms with van der Waals surface area (Å²) in [7, 11) is 2.11. The normalized spacial score (nSPS) is 21.7. The van der Waals surface area contributed by atoms with Gasteiger partial charge in [0.25, 0.3) is 0 Å². The van der Waals surface area contributed by atoms with E-state index in [4.69, 9.17) is 5.26 Å². The van der Waals surface area contributed by atoms with Gasteiger partial charge in [0.05, 0.1) is 15.9 Å². The first kappa shape index (κ1) is 15.2. The van der Waals surface area contributed by atoms with E-state index in [9.17, 15) is 4.39 Å². The number of hydrogen-bond donors (Lipinski definition) is 1. The minimum atomic E-state index is -0.282. The molecule has 0 bridgehead atoms. The molecule has 1 aliphatic rings. The quantitative estimate of drug-likeness (QED) is 0.921. The molecule has 1 saturated heterocycles. The molecule has 4 nitrogen and oxygen atoms in total. The topological polar surface area (TPSA) is 52.0 Å². The van der Waals surface area contributed by atoms with Crippen molar-refractivity contribution in [1.82, 2.24) is 9.88 Å². The molecule has 6 heteroatoms. The van der Waals surface area contributed by atoms with Crippen molar-refractivity contribution in [2.45, 2.75) is 26.3 Å². The zero-order valence-corrected chi connectivity index (χ0v) is 13.8. The lowest BCUT2D eigenvalue weighted by Crippen LogP contribution is -2.50. The molecule has 1 atom stereocenters. The average molecular weight is 318 g/mol. The predicted molar refractivity (Wildman–Crippen MR) is 87.6 cm³/mol. The molecule has 0 spiro atoms. The van der Waals surface area contributed by atoms with Crippen LogP contribution in [0.5, 0.6) is 0 Å². The monoisotopic (exact) mass is 318 g/mol. The Kier molecular flexibility index (Phi) is 3.79. The summed E-state index contributed by atoms with van der Waals surface area (Å²) < 4.78 is 15.0. The number of fused-ring (bicyclic) bond motifs is 1. The van der Waals surface area contributed by atoms with Gasteiger partial charge in [0, 0.05) is 12.6 Å². The molecule has 0 saturated carbocycles. The minimum absolute atomic E-state index is 0.0638. The minimum Gasteiger partial charge on any atom is -0.379 e.